The van der Waals surface area contributed by atoms with Gasteiger partial charge in [-0.2, -0.15) is 0 Å². The van der Waals surface area contributed by atoms with E-state index in [-0.39, 0.29) is 11.9 Å². The maximum Gasteiger partial charge on any atom is 0.123 e. The van der Waals surface area contributed by atoms with E-state index < -0.39 is 0 Å². The molecule has 0 spiro atoms. The smallest absolute Gasteiger partial charge is 0.123 e. The molecule has 0 aliphatic heterocycles. The van der Waals surface area contributed by atoms with Crippen LogP contribution in [0, 0.1) is 5.82 Å². The van der Waals surface area contributed by atoms with Crippen LogP contribution in [0.25, 0.3) is 0 Å². The van der Waals surface area contributed by atoms with E-state index in [9.17, 15) is 4.39 Å². The first kappa shape index (κ1) is 13.2. The molecule has 2 aromatic rings. The van der Waals surface area contributed by atoms with Crippen LogP contribution in [0.3, 0.4) is 0 Å². The summed E-state index contributed by atoms with van der Waals surface area (Å²) < 4.78 is 14.3. The van der Waals surface area contributed by atoms with Gasteiger partial charge in [-0.05, 0) is 48.9 Å². The van der Waals surface area contributed by atoms with Gasteiger partial charge < -0.3 is 5.32 Å². The summed E-state index contributed by atoms with van der Waals surface area (Å²) in [5.41, 5.74) is 2.19. The lowest BCUT2D eigenvalue weighted by Gasteiger charge is -2.17. The van der Waals surface area contributed by atoms with Crippen LogP contribution in [0.1, 0.15) is 17.2 Å². The van der Waals surface area contributed by atoms with Crippen molar-refractivity contribution in [3.8, 4) is 0 Å². The molecule has 1 N–H and O–H groups in total. The van der Waals surface area contributed by atoms with E-state index in [1.807, 2.05) is 25.2 Å². The molecule has 94 valence electrons. The molecule has 1 unspecified atom stereocenters. The lowest BCUT2D eigenvalue weighted by atomic mass is 9.99. The largest absolute Gasteiger partial charge is 0.313 e. The minimum Gasteiger partial charge on any atom is -0.313 e. The van der Waals surface area contributed by atoms with Gasteiger partial charge in [-0.3, -0.25) is 0 Å². The summed E-state index contributed by atoms with van der Waals surface area (Å²) in [6.07, 6.45) is 0.833. The van der Waals surface area contributed by atoms with Gasteiger partial charge in [0.25, 0.3) is 0 Å². The van der Waals surface area contributed by atoms with Gasteiger partial charge in [-0.1, -0.05) is 40.2 Å². The molecule has 0 bridgehead atoms. The molecule has 0 saturated heterocycles. The maximum atomic E-state index is 13.2. The number of halogens is 2. The van der Waals surface area contributed by atoms with Crippen LogP contribution in [0.4, 0.5) is 4.39 Å². The zero-order valence-corrected chi connectivity index (χ0v) is 11.7. The lowest BCUT2D eigenvalue weighted by Crippen LogP contribution is -2.18. The summed E-state index contributed by atoms with van der Waals surface area (Å²) in [5, 5.41) is 3.23. The lowest BCUT2D eigenvalue weighted by molar-refractivity contribution is 0.577. The molecule has 1 nitrogen and oxygen atoms in total. The van der Waals surface area contributed by atoms with Crippen molar-refractivity contribution < 1.29 is 4.39 Å². The standard InChI is InChI=1S/C15H15BrFN/c1-18-15(12-5-3-7-14(17)10-12)9-11-4-2-6-13(16)8-11/h2-8,10,15,18H,9H2,1H3. The Morgan fingerprint density at radius 2 is 1.94 bits per heavy atom. The van der Waals surface area contributed by atoms with Crippen LogP contribution in [-0.2, 0) is 6.42 Å². The second kappa shape index (κ2) is 6.12. The molecule has 0 heterocycles. The van der Waals surface area contributed by atoms with Crippen molar-refractivity contribution in [2.45, 2.75) is 12.5 Å². The predicted molar refractivity (Wildman–Crippen MR) is 76.0 cm³/mol. The molecule has 0 aliphatic rings. The normalized spacial score (nSPS) is 12.4. The van der Waals surface area contributed by atoms with Gasteiger partial charge in [0, 0.05) is 10.5 Å². The van der Waals surface area contributed by atoms with E-state index in [1.54, 1.807) is 12.1 Å². The number of nitrogens with one attached hydrogen (secondary N) is 1. The molecule has 0 radical (unpaired) electrons. The summed E-state index contributed by atoms with van der Waals surface area (Å²) in [7, 11) is 1.90. The third-order valence-corrected chi connectivity index (χ3v) is 3.42. The van der Waals surface area contributed by atoms with Crippen molar-refractivity contribution in [2.24, 2.45) is 0 Å². The molecule has 2 aromatic carbocycles. The summed E-state index contributed by atoms with van der Waals surface area (Å²) >= 11 is 3.46. The molecule has 0 saturated carbocycles. The fourth-order valence-corrected chi connectivity index (χ4v) is 2.46. The van der Waals surface area contributed by atoms with E-state index in [0.717, 1.165) is 16.5 Å². The van der Waals surface area contributed by atoms with Gasteiger partial charge in [0.1, 0.15) is 5.82 Å². The van der Waals surface area contributed by atoms with Crippen molar-refractivity contribution in [2.75, 3.05) is 7.05 Å². The fraction of sp³-hybridized carbons (Fsp3) is 0.200. The van der Waals surface area contributed by atoms with Crippen LogP contribution >= 0.6 is 15.9 Å². The Balaban J connectivity index is 2.19. The van der Waals surface area contributed by atoms with Gasteiger partial charge in [0.15, 0.2) is 0 Å². The predicted octanol–water partition coefficient (Wildman–Crippen LogP) is 4.09. The number of benzene rings is 2. The second-order valence-corrected chi connectivity index (χ2v) is 5.15. The van der Waals surface area contributed by atoms with Gasteiger partial charge in [-0.15, -0.1) is 0 Å². The van der Waals surface area contributed by atoms with Crippen LogP contribution in [0.15, 0.2) is 53.0 Å². The Morgan fingerprint density at radius 3 is 2.61 bits per heavy atom. The first-order valence-electron chi connectivity index (χ1n) is 5.86. The first-order valence-corrected chi connectivity index (χ1v) is 6.65. The highest BCUT2D eigenvalue weighted by Gasteiger charge is 2.10. The molecule has 0 amide bonds. The van der Waals surface area contributed by atoms with Crippen LogP contribution < -0.4 is 5.32 Å². The molecule has 0 aromatic heterocycles. The van der Waals surface area contributed by atoms with Crippen molar-refractivity contribution in [3.63, 3.8) is 0 Å². The molecule has 0 aliphatic carbocycles. The molecule has 0 fully saturated rings. The van der Waals surface area contributed by atoms with Crippen molar-refractivity contribution in [3.05, 3.63) is 69.9 Å². The Labute approximate surface area is 115 Å². The number of likely N-dealkylation sites (N-methyl/N-ethyl adjacent to an activating group) is 1. The highest BCUT2D eigenvalue weighted by Crippen LogP contribution is 2.21. The number of rotatable bonds is 4. The van der Waals surface area contributed by atoms with E-state index in [1.165, 1.54) is 11.6 Å². The molecule has 18 heavy (non-hydrogen) atoms. The molecular formula is C15H15BrFN. The van der Waals surface area contributed by atoms with Crippen molar-refractivity contribution in [1.82, 2.24) is 5.32 Å². The Bertz CT molecular complexity index is 527. The first-order chi connectivity index (χ1) is 8.69. The Morgan fingerprint density at radius 1 is 1.17 bits per heavy atom. The van der Waals surface area contributed by atoms with Gasteiger partial charge in [-0.25, -0.2) is 4.39 Å². The van der Waals surface area contributed by atoms with Crippen LogP contribution in [0.5, 0.6) is 0 Å². The monoisotopic (exact) mass is 307 g/mol. The number of hydrogen-bond donors (Lipinski definition) is 1. The van der Waals surface area contributed by atoms with Crippen LogP contribution in [0.2, 0.25) is 0 Å². The highest BCUT2D eigenvalue weighted by molar-refractivity contribution is 9.10. The minimum atomic E-state index is -0.193. The van der Waals surface area contributed by atoms with Crippen LogP contribution in [-0.4, -0.2) is 7.05 Å². The highest BCUT2D eigenvalue weighted by atomic mass is 79.9. The van der Waals surface area contributed by atoms with Crippen molar-refractivity contribution in [1.29, 1.82) is 0 Å². The zero-order chi connectivity index (χ0) is 13.0. The average Bonchev–Trinajstić information content (AvgIpc) is 2.36. The molecule has 2 rings (SSSR count). The fourth-order valence-electron chi connectivity index (χ4n) is 2.01. The van der Waals surface area contributed by atoms with Gasteiger partial charge >= 0.3 is 0 Å². The van der Waals surface area contributed by atoms with E-state index in [2.05, 4.69) is 33.4 Å². The molecule has 1 atom stereocenters. The Kier molecular flexibility index (Phi) is 4.50. The van der Waals surface area contributed by atoms with E-state index >= 15 is 0 Å². The third kappa shape index (κ3) is 3.40. The molecule has 3 heteroatoms. The summed E-state index contributed by atoms with van der Waals surface area (Å²) in [6, 6.07) is 15.0. The van der Waals surface area contributed by atoms with Gasteiger partial charge in [0.2, 0.25) is 0 Å². The van der Waals surface area contributed by atoms with E-state index in [0.29, 0.717) is 0 Å². The summed E-state index contributed by atoms with van der Waals surface area (Å²) in [6.45, 7) is 0. The third-order valence-electron chi connectivity index (χ3n) is 2.93. The second-order valence-electron chi connectivity index (χ2n) is 4.23. The van der Waals surface area contributed by atoms with E-state index in [4.69, 9.17) is 0 Å². The average molecular weight is 308 g/mol. The topological polar surface area (TPSA) is 12.0 Å². The quantitative estimate of drug-likeness (QED) is 0.897. The number of hydrogen-bond acceptors (Lipinski definition) is 1. The summed E-state index contributed by atoms with van der Waals surface area (Å²) in [5.74, 6) is -0.193. The zero-order valence-electron chi connectivity index (χ0n) is 10.2. The molecular weight excluding hydrogens is 293 g/mol. The van der Waals surface area contributed by atoms with Gasteiger partial charge in [0.05, 0.1) is 0 Å². The SMILES string of the molecule is CNC(Cc1cccc(Br)c1)c1cccc(F)c1. The summed E-state index contributed by atoms with van der Waals surface area (Å²) in [4.78, 5) is 0. The minimum absolute atomic E-state index is 0.120. The van der Waals surface area contributed by atoms with Crippen molar-refractivity contribution >= 4 is 15.9 Å². The Hall–Kier alpha value is -1.19. The maximum absolute atomic E-state index is 13.2.